The van der Waals surface area contributed by atoms with Crippen molar-refractivity contribution in [2.45, 2.75) is 6.42 Å². The van der Waals surface area contributed by atoms with Crippen molar-refractivity contribution in [3.63, 3.8) is 0 Å². The van der Waals surface area contributed by atoms with Crippen molar-refractivity contribution < 1.29 is 4.42 Å². The molecule has 2 aromatic rings. The van der Waals surface area contributed by atoms with Crippen LogP contribution in [0.15, 0.2) is 28.7 Å². The maximum Gasteiger partial charge on any atom is 0.134 e. The second-order valence-electron chi connectivity index (χ2n) is 5.47. The number of rotatable bonds is 3. The van der Waals surface area contributed by atoms with Gasteiger partial charge in [0.1, 0.15) is 11.3 Å². The summed E-state index contributed by atoms with van der Waals surface area (Å²) in [7, 11) is 2.17. The summed E-state index contributed by atoms with van der Waals surface area (Å²) in [5.41, 5.74) is 1.56. The van der Waals surface area contributed by atoms with E-state index < -0.39 is 0 Å². The van der Waals surface area contributed by atoms with E-state index in [1.807, 2.05) is 12.1 Å². The standard InChI is InChI=1S/C16H19N3O/c1-18-6-8-19(9-7-18)5-4-15-11-14-10-13(12-17)2-3-16(14)20-15/h2-3,10-11H,4-9H2,1H3. The largest absolute Gasteiger partial charge is 0.461 e. The Kier molecular flexibility index (Phi) is 3.72. The van der Waals surface area contributed by atoms with Crippen LogP contribution in [0.5, 0.6) is 0 Å². The first-order valence-electron chi connectivity index (χ1n) is 7.08. The van der Waals surface area contributed by atoms with Crippen molar-refractivity contribution in [3.8, 4) is 6.07 Å². The highest BCUT2D eigenvalue weighted by molar-refractivity contribution is 5.79. The lowest BCUT2D eigenvalue weighted by Gasteiger charge is -2.32. The number of fused-ring (bicyclic) bond motifs is 1. The number of nitriles is 1. The normalized spacial score (nSPS) is 17.4. The number of hydrogen-bond donors (Lipinski definition) is 0. The summed E-state index contributed by atoms with van der Waals surface area (Å²) in [5, 5.41) is 9.93. The summed E-state index contributed by atoms with van der Waals surface area (Å²) >= 11 is 0. The Morgan fingerprint density at radius 3 is 2.75 bits per heavy atom. The maximum absolute atomic E-state index is 8.91. The van der Waals surface area contributed by atoms with Crippen molar-refractivity contribution >= 4 is 11.0 Å². The summed E-state index contributed by atoms with van der Waals surface area (Å²) in [6, 6.07) is 9.79. The molecule has 0 bridgehead atoms. The smallest absolute Gasteiger partial charge is 0.134 e. The third-order valence-corrected chi connectivity index (χ3v) is 3.97. The summed E-state index contributed by atoms with van der Waals surface area (Å²) in [6.45, 7) is 5.60. The molecule has 1 aromatic carbocycles. The fourth-order valence-electron chi connectivity index (χ4n) is 2.63. The van der Waals surface area contributed by atoms with Crippen molar-refractivity contribution in [2.24, 2.45) is 0 Å². The van der Waals surface area contributed by atoms with E-state index in [4.69, 9.17) is 9.68 Å². The third kappa shape index (κ3) is 2.84. The van der Waals surface area contributed by atoms with Gasteiger partial charge in [0.2, 0.25) is 0 Å². The van der Waals surface area contributed by atoms with Crippen LogP contribution in [0.25, 0.3) is 11.0 Å². The molecule has 4 heteroatoms. The first-order chi connectivity index (χ1) is 9.74. The van der Waals surface area contributed by atoms with E-state index in [0.717, 1.165) is 55.9 Å². The molecule has 0 spiro atoms. The highest BCUT2D eigenvalue weighted by Crippen LogP contribution is 2.21. The fourth-order valence-corrected chi connectivity index (χ4v) is 2.63. The van der Waals surface area contributed by atoms with Gasteiger partial charge in [-0.2, -0.15) is 5.26 Å². The van der Waals surface area contributed by atoms with Crippen LogP contribution in [0.3, 0.4) is 0 Å². The van der Waals surface area contributed by atoms with Gasteiger partial charge in [-0.15, -0.1) is 0 Å². The number of likely N-dealkylation sites (N-methyl/N-ethyl adjacent to an activating group) is 1. The Labute approximate surface area is 119 Å². The highest BCUT2D eigenvalue weighted by Gasteiger charge is 2.14. The van der Waals surface area contributed by atoms with Crippen molar-refractivity contribution in [3.05, 3.63) is 35.6 Å². The first kappa shape index (κ1) is 13.2. The molecule has 1 aliphatic heterocycles. The number of piperazine rings is 1. The minimum absolute atomic E-state index is 0.684. The summed E-state index contributed by atoms with van der Waals surface area (Å²) in [4.78, 5) is 4.84. The third-order valence-electron chi connectivity index (χ3n) is 3.97. The van der Waals surface area contributed by atoms with Crippen LogP contribution >= 0.6 is 0 Å². The molecule has 4 nitrogen and oxygen atoms in total. The topological polar surface area (TPSA) is 43.4 Å². The molecule has 104 valence electrons. The van der Waals surface area contributed by atoms with E-state index in [1.54, 1.807) is 6.07 Å². The van der Waals surface area contributed by atoms with Gasteiger partial charge in [0.15, 0.2) is 0 Å². The first-order valence-corrected chi connectivity index (χ1v) is 7.08. The van der Waals surface area contributed by atoms with Crippen molar-refractivity contribution in [1.82, 2.24) is 9.80 Å². The molecule has 0 N–H and O–H groups in total. The fraction of sp³-hybridized carbons (Fsp3) is 0.438. The summed E-state index contributed by atoms with van der Waals surface area (Å²) in [6.07, 6.45) is 0.931. The second kappa shape index (κ2) is 5.66. The molecule has 20 heavy (non-hydrogen) atoms. The average molecular weight is 269 g/mol. The number of hydrogen-bond acceptors (Lipinski definition) is 4. The van der Waals surface area contributed by atoms with Crippen molar-refractivity contribution in [2.75, 3.05) is 39.8 Å². The van der Waals surface area contributed by atoms with Crippen LogP contribution in [-0.4, -0.2) is 49.6 Å². The van der Waals surface area contributed by atoms with Crippen LogP contribution in [-0.2, 0) is 6.42 Å². The van der Waals surface area contributed by atoms with Crippen LogP contribution in [0.1, 0.15) is 11.3 Å². The Balaban J connectivity index is 1.64. The maximum atomic E-state index is 8.91. The van der Waals surface area contributed by atoms with Gasteiger partial charge in [-0.25, -0.2) is 0 Å². The zero-order valence-electron chi connectivity index (χ0n) is 11.8. The van der Waals surface area contributed by atoms with Crippen LogP contribution < -0.4 is 0 Å². The van der Waals surface area contributed by atoms with Gasteiger partial charge in [0.25, 0.3) is 0 Å². The Morgan fingerprint density at radius 2 is 2.00 bits per heavy atom. The Hall–Kier alpha value is -1.83. The zero-order valence-corrected chi connectivity index (χ0v) is 11.8. The monoisotopic (exact) mass is 269 g/mol. The predicted octanol–water partition coefficient (Wildman–Crippen LogP) is 2.09. The minimum atomic E-state index is 0.684. The number of furan rings is 1. The molecule has 2 heterocycles. The molecule has 0 saturated carbocycles. The van der Waals surface area contributed by atoms with Gasteiger partial charge in [-0.05, 0) is 31.3 Å². The van der Waals surface area contributed by atoms with Crippen LogP contribution in [0, 0.1) is 11.3 Å². The van der Waals surface area contributed by atoms with E-state index in [2.05, 4.69) is 29.0 Å². The molecule has 0 unspecified atom stereocenters. The average Bonchev–Trinajstić information content (AvgIpc) is 2.88. The molecule has 0 atom stereocenters. The molecule has 3 rings (SSSR count). The predicted molar refractivity (Wildman–Crippen MR) is 78.6 cm³/mol. The molecule has 0 amide bonds. The lowest BCUT2D eigenvalue weighted by molar-refractivity contribution is 0.154. The Morgan fingerprint density at radius 1 is 1.20 bits per heavy atom. The van der Waals surface area contributed by atoms with E-state index in [0.29, 0.717) is 5.56 Å². The summed E-state index contributed by atoms with van der Waals surface area (Å²) in [5.74, 6) is 1.01. The summed E-state index contributed by atoms with van der Waals surface area (Å²) < 4.78 is 5.83. The van der Waals surface area contributed by atoms with E-state index in [-0.39, 0.29) is 0 Å². The zero-order chi connectivity index (χ0) is 13.9. The van der Waals surface area contributed by atoms with Gasteiger partial charge in [-0.3, -0.25) is 0 Å². The van der Waals surface area contributed by atoms with Crippen molar-refractivity contribution in [1.29, 1.82) is 5.26 Å². The molecule has 1 fully saturated rings. The molecule has 0 radical (unpaired) electrons. The van der Waals surface area contributed by atoms with Crippen LogP contribution in [0.4, 0.5) is 0 Å². The lowest BCUT2D eigenvalue weighted by Crippen LogP contribution is -2.45. The van der Waals surface area contributed by atoms with E-state index in [9.17, 15) is 0 Å². The van der Waals surface area contributed by atoms with Gasteiger partial charge < -0.3 is 14.2 Å². The van der Waals surface area contributed by atoms with Gasteiger partial charge >= 0.3 is 0 Å². The molecule has 1 aliphatic rings. The number of nitrogens with zero attached hydrogens (tertiary/aromatic N) is 3. The lowest BCUT2D eigenvalue weighted by atomic mass is 10.1. The quantitative estimate of drug-likeness (QED) is 0.856. The minimum Gasteiger partial charge on any atom is -0.461 e. The molecule has 1 saturated heterocycles. The van der Waals surface area contributed by atoms with Gasteiger partial charge in [-0.1, -0.05) is 0 Å². The molecule has 0 aliphatic carbocycles. The molecular formula is C16H19N3O. The molecular weight excluding hydrogens is 250 g/mol. The van der Waals surface area contributed by atoms with Gasteiger partial charge in [0.05, 0.1) is 11.6 Å². The highest BCUT2D eigenvalue weighted by atomic mass is 16.3. The molecule has 1 aromatic heterocycles. The SMILES string of the molecule is CN1CCN(CCc2cc3cc(C#N)ccc3o2)CC1. The van der Waals surface area contributed by atoms with E-state index in [1.165, 1.54) is 0 Å². The van der Waals surface area contributed by atoms with E-state index >= 15 is 0 Å². The van der Waals surface area contributed by atoms with Crippen LogP contribution in [0.2, 0.25) is 0 Å². The Bertz CT molecular complexity index is 633. The second-order valence-corrected chi connectivity index (χ2v) is 5.47. The number of benzene rings is 1. The van der Waals surface area contributed by atoms with Gasteiger partial charge in [0, 0.05) is 44.5 Å².